The van der Waals surface area contributed by atoms with Gasteiger partial charge in [-0.2, -0.15) is 0 Å². The molecule has 2 atom stereocenters. The molecule has 19 heavy (non-hydrogen) atoms. The fraction of sp³-hybridized carbons (Fsp3) is 0.625. The zero-order valence-electron chi connectivity index (χ0n) is 12.7. The lowest BCUT2D eigenvalue weighted by atomic mass is 10.00. The first-order valence-corrected chi connectivity index (χ1v) is 8.72. The summed E-state index contributed by atoms with van der Waals surface area (Å²) in [6.07, 6.45) is 2.17. The van der Waals surface area contributed by atoms with Gasteiger partial charge in [-0.05, 0) is 37.9 Å². The van der Waals surface area contributed by atoms with Crippen molar-refractivity contribution >= 4 is 10.8 Å². The number of rotatable bonds is 8. The fourth-order valence-electron chi connectivity index (χ4n) is 2.21. The number of benzene rings is 1. The fourth-order valence-corrected chi connectivity index (χ4v) is 3.66. The maximum atomic E-state index is 12.1. The van der Waals surface area contributed by atoms with Crippen LogP contribution in [-0.4, -0.2) is 22.3 Å². The molecule has 1 aromatic rings. The Kier molecular flexibility index (Phi) is 7.32. The van der Waals surface area contributed by atoms with E-state index >= 15 is 0 Å². The molecule has 1 N–H and O–H groups in total. The molecule has 1 aromatic carbocycles. The molecule has 0 aliphatic rings. The van der Waals surface area contributed by atoms with E-state index in [2.05, 4.69) is 51.2 Å². The van der Waals surface area contributed by atoms with Gasteiger partial charge in [0.15, 0.2) is 0 Å². The molecule has 0 amide bonds. The highest BCUT2D eigenvalue weighted by Gasteiger charge is 2.16. The first kappa shape index (κ1) is 16.4. The van der Waals surface area contributed by atoms with E-state index in [0.29, 0.717) is 0 Å². The van der Waals surface area contributed by atoms with E-state index in [1.807, 2.05) is 0 Å². The molecule has 1 rings (SSSR count). The standard InChI is InChI=1S/C16H27NOS/c1-5-7-10-19(18)12-16(17-6-2)15-11-13(3)8-9-14(15)4/h8-9,11,16-17H,5-7,10,12H2,1-4H3. The van der Waals surface area contributed by atoms with Crippen molar-refractivity contribution in [2.75, 3.05) is 18.1 Å². The molecule has 0 aliphatic carbocycles. The third-order valence-corrected chi connectivity index (χ3v) is 4.79. The summed E-state index contributed by atoms with van der Waals surface area (Å²) in [4.78, 5) is 0. The van der Waals surface area contributed by atoms with Crippen LogP contribution in [0.3, 0.4) is 0 Å². The van der Waals surface area contributed by atoms with E-state index in [1.54, 1.807) is 0 Å². The van der Waals surface area contributed by atoms with Crippen LogP contribution in [0.1, 0.15) is 49.4 Å². The van der Waals surface area contributed by atoms with Crippen LogP contribution in [0.5, 0.6) is 0 Å². The van der Waals surface area contributed by atoms with Gasteiger partial charge in [-0.25, -0.2) is 0 Å². The lowest BCUT2D eigenvalue weighted by Crippen LogP contribution is -2.27. The minimum Gasteiger partial charge on any atom is -0.309 e. The molecule has 0 saturated carbocycles. The van der Waals surface area contributed by atoms with Crippen molar-refractivity contribution in [1.29, 1.82) is 0 Å². The van der Waals surface area contributed by atoms with Crippen LogP contribution in [0, 0.1) is 13.8 Å². The topological polar surface area (TPSA) is 29.1 Å². The quantitative estimate of drug-likeness (QED) is 0.790. The number of hydrogen-bond donors (Lipinski definition) is 1. The maximum absolute atomic E-state index is 12.1. The molecular formula is C16H27NOS. The van der Waals surface area contributed by atoms with Crippen molar-refractivity contribution in [1.82, 2.24) is 5.32 Å². The summed E-state index contributed by atoms with van der Waals surface area (Å²) in [5.74, 6) is 1.54. The summed E-state index contributed by atoms with van der Waals surface area (Å²) < 4.78 is 12.1. The van der Waals surface area contributed by atoms with Gasteiger partial charge in [0.1, 0.15) is 0 Å². The molecule has 2 nitrogen and oxygen atoms in total. The van der Waals surface area contributed by atoms with Crippen LogP contribution in [0.2, 0.25) is 0 Å². The predicted molar refractivity (Wildman–Crippen MR) is 85.1 cm³/mol. The molecule has 0 heterocycles. The third-order valence-electron chi connectivity index (χ3n) is 3.34. The van der Waals surface area contributed by atoms with Crippen LogP contribution in [0.15, 0.2) is 18.2 Å². The van der Waals surface area contributed by atoms with Crippen LogP contribution >= 0.6 is 0 Å². The summed E-state index contributed by atoms with van der Waals surface area (Å²) in [6, 6.07) is 6.72. The van der Waals surface area contributed by atoms with Crippen molar-refractivity contribution in [3.05, 3.63) is 34.9 Å². The zero-order chi connectivity index (χ0) is 14.3. The highest BCUT2D eigenvalue weighted by molar-refractivity contribution is 7.85. The summed E-state index contributed by atoms with van der Waals surface area (Å²) in [7, 11) is -0.729. The average Bonchev–Trinajstić information content (AvgIpc) is 2.38. The van der Waals surface area contributed by atoms with Gasteiger partial charge in [-0.1, -0.05) is 44.0 Å². The largest absolute Gasteiger partial charge is 0.309 e. The minimum absolute atomic E-state index is 0.211. The molecule has 0 aliphatic heterocycles. The smallest absolute Gasteiger partial charge is 0.0439 e. The van der Waals surface area contributed by atoms with Gasteiger partial charge < -0.3 is 5.32 Å². The Bertz CT molecular complexity index is 417. The normalized spacial score (nSPS) is 14.3. The molecule has 0 aromatic heterocycles. The summed E-state index contributed by atoms with van der Waals surface area (Å²) in [5, 5.41) is 3.48. The Morgan fingerprint density at radius 3 is 2.63 bits per heavy atom. The second kappa shape index (κ2) is 8.49. The van der Waals surface area contributed by atoms with Crippen molar-refractivity contribution < 1.29 is 4.21 Å². The number of hydrogen-bond acceptors (Lipinski definition) is 2. The highest BCUT2D eigenvalue weighted by Crippen LogP contribution is 2.20. The van der Waals surface area contributed by atoms with Crippen LogP contribution in [0.25, 0.3) is 0 Å². The molecule has 3 heteroatoms. The van der Waals surface area contributed by atoms with Gasteiger partial charge in [0.25, 0.3) is 0 Å². The van der Waals surface area contributed by atoms with Crippen molar-refractivity contribution in [3.8, 4) is 0 Å². The van der Waals surface area contributed by atoms with Gasteiger partial charge in [0.2, 0.25) is 0 Å². The van der Waals surface area contributed by atoms with E-state index in [1.165, 1.54) is 16.7 Å². The highest BCUT2D eigenvalue weighted by atomic mass is 32.2. The van der Waals surface area contributed by atoms with Crippen LogP contribution < -0.4 is 5.32 Å². The van der Waals surface area contributed by atoms with Gasteiger partial charge in [-0.15, -0.1) is 0 Å². The summed E-state index contributed by atoms with van der Waals surface area (Å²) in [6.45, 7) is 9.40. The van der Waals surface area contributed by atoms with Crippen LogP contribution in [-0.2, 0) is 10.8 Å². The Labute approximate surface area is 120 Å². The van der Waals surface area contributed by atoms with Crippen molar-refractivity contribution in [3.63, 3.8) is 0 Å². The molecule has 2 unspecified atom stereocenters. The molecule has 0 fully saturated rings. The average molecular weight is 281 g/mol. The lowest BCUT2D eigenvalue weighted by Gasteiger charge is -2.20. The first-order chi connectivity index (χ1) is 9.08. The van der Waals surface area contributed by atoms with E-state index in [4.69, 9.17) is 0 Å². The maximum Gasteiger partial charge on any atom is 0.0439 e. The SMILES string of the molecule is CCCCS(=O)CC(NCC)c1cc(C)ccc1C. The molecule has 0 spiro atoms. The first-order valence-electron chi connectivity index (χ1n) is 7.24. The Morgan fingerprint density at radius 2 is 2.00 bits per heavy atom. The summed E-state index contributed by atoms with van der Waals surface area (Å²) in [5.41, 5.74) is 3.85. The number of unbranched alkanes of at least 4 members (excludes halogenated alkanes) is 1. The van der Waals surface area contributed by atoms with Gasteiger partial charge in [0, 0.05) is 28.3 Å². The van der Waals surface area contributed by atoms with Gasteiger partial charge in [0.05, 0.1) is 0 Å². The monoisotopic (exact) mass is 281 g/mol. The predicted octanol–water partition coefficient (Wildman–Crippen LogP) is 3.50. The van der Waals surface area contributed by atoms with Gasteiger partial charge >= 0.3 is 0 Å². The van der Waals surface area contributed by atoms with Crippen LogP contribution in [0.4, 0.5) is 0 Å². The summed E-state index contributed by atoms with van der Waals surface area (Å²) >= 11 is 0. The Balaban J connectivity index is 2.81. The number of nitrogens with one attached hydrogen (secondary N) is 1. The lowest BCUT2D eigenvalue weighted by molar-refractivity contribution is 0.591. The molecule has 0 saturated heterocycles. The zero-order valence-corrected chi connectivity index (χ0v) is 13.5. The van der Waals surface area contributed by atoms with Crippen molar-refractivity contribution in [2.24, 2.45) is 0 Å². The molecular weight excluding hydrogens is 254 g/mol. The van der Waals surface area contributed by atoms with E-state index < -0.39 is 10.8 Å². The Hall–Kier alpha value is -0.670. The second-order valence-corrected chi connectivity index (χ2v) is 6.76. The molecule has 0 radical (unpaired) electrons. The third kappa shape index (κ3) is 5.45. The molecule has 108 valence electrons. The minimum atomic E-state index is -0.729. The Morgan fingerprint density at radius 1 is 1.26 bits per heavy atom. The number of aryl methyl sites for hydroxylation is 2. The molecule has 0 bridgehead atoms. The van der Waals surface area contributed by atoms with Gasteiger partial charge in [-0.3, -0.25) is 4.21 Å². The van der Waals surface area contributed by atoms with E-state index in [-0.39, 0.29) is 6.04 Å². The van der Waals surface area contributed by atoms with E-state index in [9.17, 15) is 4.21 Å². The second-order valence-electron chi connectivity index (χ2n) is 5.13. The van der Waals surface area contributed by atoms with E-state index in [0.717, 1.165) is 30.9 Å². The van der Waals surface area contributed by atoms with Crippen molar-refractivity contribution in [2.45, 2.75) is 46.6 Å².